The van der Waals surface area contributed by atoms with Gasteiger partial charge in [-0.2, -0.15) is 0 Å². The van der Waals surface area contributed by atoms with Gasteiger partial charge in [0.15, 0.2) is 0 Å². The predicted octanol–water partition coefficient (Wildman–Crippen LogP) is 3.87. The molecule has 0 aromatic heterocycles. The van der Waals surface area contributed by atoms with Crippen molar-refractivity contribution in [2.24, 2.45) is 0 Å². The SMILES string of the molecule is C=CCN1C(=O)C(Nc2ccc(OC)cc2OC)=C(c2ccc(OC(C)C)cc2)C1=O. The van der Waals surface area contributed by atoms with Gasteiger partial charge in [0.2, 0.25) is 0 Å². The number of hydrogen-bond donors (Lipinski definition) is 1. The zero-order valence-corrected chi connectivity index (χ0v) is 18.1. The Morgan fingerprint density at radius 3 is 2.26 bits per heavy atom. The Balaban J connectivity index is 2.05. The van der Waals surface area contributed by atoms with Gasteiger partial charge in [-0.15, -0.1) is 6.58 Å². The number of benzene rings is 2. The lowest BCUT2D eigenvalue weighted by Gasteiger charge is -2.14. The highest BCUT2D eigenvalue weighted by molar-refractivity contribution is 6.36. The van der Waals surface area contributed by atoms with Crippen LogP contribution in [0.2, 0.25) is 0 Å². The first-order chi connectivity index (χ1) is 14.9. The monoisotopic (exact) mass is 422 g/mol. The Bertz CT molecular complexity index is 1020. The molecule has 1 N–H and O–H groups in total. The number of nitrogens with one attached hydrogen (secondary N) is 1. The van der Waals surface area contributed by atoms with E-state index in [9.17, 15) is 9.59 Å². The average Bonchev–Trinajstić information content (AvgIpc) is 2.99. The van der Waals surface area contributed by atoms with Crippen LogP contribution < -0.4 is 19.5 Å². The second-order valence-electron chi connectivity index (χ2n) is 7.14. The largest absolute Gasteiger partial charge is 0.497 e. The first-order valence-electron chi connectivity index (χ1n) is 9.87. The molecule has 7 nitrogen and oxygen atoms in total. The molecule has 3 rings (SSSR count). The summed E-state index contributed by atoms with van der Waals surface area (Å²) in [6.07, 6.45) is 1.55. The van der Waals surface area contributed by atoms with Crippen LogP contribution in [0.1, 0.15) is 19.4 Å². The predicted molar refractivity (Wildman–Crippen MR) is 119 cm³/mol. The van der Waals surface area contributed by atoms with Crippen molar-refractivity contribution in [3.8, 4) is 17.2 Å². The molecule has 0 bridgehead atoms. The van der Waals surface area contributed by atoms with Crippen molar-refractivity contribution in [1.82, 2.24) is 4.90 Å². The number of methoxy groups -OCH3 is 2. The highest BCUT2D eigenvalue weighted by atomic mass is 16.5. The quantitative estimate of drug-likeness (QED) is 0.488. The number of nitrogens with zero attached hydrogens (tertiary/aromatic N) is 1. The van der Waals surface area contributed by atoms with Gasteiger partial charge in [-0.25, -0.2) is 0 Å². The van der Waals surface area contributed by atoms with Crippen molar-refractivity contribution >= 4 is 23.1 Å². The molecule has 2 amide bonds. The maximum Gasteiger partial charge on any atom is 0.278 e. The smallest absolute Gasteiger partial charge is 0.278 e. The van der Waals surface area contributed by atoms with E-state index in [1.807, 2.05) is 13.8 Å². The van der Waals surface area contributed by atoms with E-state index in [1.165, 1.54) is 13.2 Å². The number of anilines is 1. The summed E-state index contributed by atoms with van der Waals surface area (Å²) in [5, 5.41) is 3.10. The number of amides is 2. The van der Waals surface area contributed by atoms with Gasteiger partial charge in [-0.1, -0.05) is 18.2 Å². The number of carbonyl (C=O) groups excluding carboxylic acids is 2. The van der Waals surface area contributed by atoms with Crippen molar-refractivity contribution in [2.45, 2.75) is 20.0 Å². The van der Waals surface area contributed by atoms with Crippen molar-refractivity contribution in [1.29, 1.82) is 0 Å². The zero-order chi connectivity index (χ0) is 22.5. The highest BCUT2D eigenvalue weighted by Crippen LogP contribution is 2.35. The maximum atomic E-state index is 13.1. The van der Waals surface area contributed by atoms with Crippen molar-refractivity contribution in [3.05, 3.63) is 66.4 Å². The fourth-order valence-corrected chi connectivity index (χ4v) is 3.26. The topological polar surface area (TPSA) is 77.1 Å². The average molecular weight is 422 g/mol. The summed E-state index contributed by atoms with van der Waals surface area (Å²) >= 11 is 0. The molecule has 31 heavy (non-hydrogen) atoms. The van der Waals surface area contributed by atoms with E-state index in [0.717, 1.165) is 4.90 Å². The van der Waals surface area contributed by atoms with Crippen LogP contribution >= 0.6 is 0 Å². The van der Waals surface area contributed by atoms with Crippen LogP contribution in [0, 0.1) is 0 Å². The third kappa shape index (κ3) is 4.55. The Morgan fingerprint density at radius 1 is 1.00 bits per heavy atom. The van der Waals surface area contributed by atoms with Crippen molar-refractivity contribution in [3.63, 3.8) is 0 Å². The molecule has 1 aliphatic heterocycles. The minimum absolute atomic E-state index is 0.0302. The van der Waals surface area contributed by atoms with Crippen LogP contribution in [-0.2, 0) is 9.59 Å². The fraction of sp³-hybridized carbons (Fsp3) is 0.250. The second kappa shape index (κ2) is 9.38. The molecular formula is C24H26N2O5. The molecule has 0 aliphatic carbocycles. The normalized spacial score (nSPS) is 13.6. The first kappa shape index (κ1) is 22.0. The van der Waals surface area contributed by atoms with Gasteiger partial charge in [-0.05, 0) is 43.7 Å². The lowest BCUT2D eigenvalue weighted by atomic mass is 10.0. The zero-order valence-electron chi connectivity index (χ0n) is 18.1. The van der Waals surface area contributed by atoms with Crippen LogP contribution in [0.15, 0.2) is 60.8 Å². The molecule has 0 unspecified atom stereocenters. The van der Waals surface area contributed by atoms with Crippen LogP contribution in [0.4, 0.5) is 5.69 Å². The summed E-state index contributed by atoms with van der Waals surface area (Å²) in [5.41, 5.74) is 1.60. The summed E-state index contributed by atoms with van der Waals surface area (Å²) in [6.45, 7) is 7.64. The van der Waals surface area contributed by atoms with Crippen LogP contribution in [-0.4, -0.2) is 43.6 Å². The summed E-state index contributed by atoms with van der Waals surface area (Å²) in [4.78, 5) is 27.3. The highest BCUT2D eigenvalue weighted by Gasteiger charge is 2.38. The summed E-state index contributed by atoms with van der Waals surface area (Å²) in [6, 6.07) is 12.3. The Kier molecular flexibility index (Phi) is 6.65. The van der Waals surface area contributed by atoms with Crippen LogP contribution in [0.5, 0.6) is 17.2 Å². The maximum absolute atomic E-state index is 13.1. The second-order valence-corrected chi connectivity index (χ2v) is 7.14. The van der Waals surface area contributed by atoms with E-state index in [-0.39, 0.29) is 23.9 Å². The minimum Gasteiger partial charge on any atom is -0.497 e. The van der Waals surface area contributed by atoms with Gasteiger partial charge in [0.25, 0.3) is 11.8 Å². The molecule has 0 radical (unpaired) electrons. The van der Waals surface area contributed by atoms with E-state index in [0.29, 0.717) is 28.5 Å². The standard InChI is InChI=1S/C24H26N2O5/c1-6-13-26-23(27)21(16-7-9-17(10-8-16)31-15(2)3)22(24(26)28)25-19-12-11-18(29-4)14-20(19)30-5/h6-12,14-15,25H,1,13H2,2-5H3. The molecule has 1 heterocycles. The van der Waals surface area contributed by atoms with E-state index < -0.39 is 11.8 Å². The van der Waals surface area contributed by atoms with Gasteiger partial charge in [0, 0.05) is 12.6 Å². The molecule has 0 spiro atoms. The summed E-state index contributed by atoms with van der Waals surface area (Å²) < 4.78 is 16.3. The lowest BCUT2D eigenvalue weighted by molar-refractivity contribution is -0.136. The molecule has 0 atom stereocenters. The van der Waals surface area contributed by atoms with Crippen molar-refractivity contribution < 1.29 is 23.8 Å². The molecule has 0 saturated carbocycles. The van der Waals surface area contributed by atoms with Crippen LogP contribution in [0.3, 0.4) is 0 Å². The van der Waals surface area contributed by atoms with E-state index >= 15 is 0 Å². The molecule has 7 heteroatoms. The Labute approximate surface area is 181 Å². The Hall–Kier alpha value is -3.74. The number of hydrogen-bond acceptors (Lipinski definition) is 6. The van der Waals surface area contributed by atoms with Crippen LogP contribution in [0.25, 0.3) is 5.57 Å². The van der Waals surface area contributed by atoms with E-state index in [1.54, 1.807) is 49.6 Å². The number of ether oxygens (including phenoxy) is 3. The van der Waals surface area contributed by atoms with Gasteiger partial charge in [-0.3, -0.25) is 14.5 Å². The minimum atomic E-state index is -0.430. The number of rotatable bonds is 9. The third-order valence-corrected chi connectivity index (χ3v) is 4.66. The third-order valence-electron chi connectivity index (χ3n) is 4.66. The number of imide groups is 1. The van der Waals surface area contributed by atoms with Crippen molar-refractivity contribution in [2.75, 3.05) is 26.1 Å². The molecule has 0 fully saturated rings. The van der Waals surface area contributed by atoms with E-state index in [2.05, 4.69) is 11.9 Å². The molecule has 1 aliphatic rings. The van der Waals surface area contributed by atoms with Gasteiger partial charge in [0.05, 0.1) is 31.6 Å². The number of carbonyl (C=O) groups is 2. The summed E-state index contributed by atoms with van der Waals surface area (Å²) in [5.74, 6) is 0.955. The molecule has 2 aromatic carbocycles. The summed E-state index contributed by atoms with van der Waals surface area (Å²) in [7, 11) is 3.08. The molecule has 2 aromatic rings. The molecule has 0 saturated heterocycles. The van der Waals surface area contributed by atoms with E-state index in [4.69, 9.17) is 14.2 Å². The first-order valence-corrected chi connectivity index (χ1v) is 9.87. The van der Waals surface area contributed by atoms with Gasteiger partial charge >= 0.3 is 0 Å². The molecule has 162 valence electrons. The Morgan fingerprint density at radius 2 is 1.68 bits per heavy atom. The lowest BCUT2D eigenvalue weighted by Crippen LogP contribution is -2.32. The molecular weight excluding hydrogens is 396 g/mol. The fourth-order valence-electron chi connectivity index (χ4n) is 3.26. The van der Waals surface area contributed by atoms with Gasteiger partial charge in [0.1, 0.15) is 22.9 Å². The van der Waals surface area contributed by atoms with Gasteiger partial charge < -0.3 is 19.5 Å².